The quantitative estimate of drug-likeness (QED) is 0.691. The molecule has 1 saturated carbocycles. The van der Waals surface area contributed by atoms with Gasteiger partial charge in [0.25, 0.3) is 0 Å². The minimum atomic E-state index is -3.63. The fourth-order valence-electron chi connectivity index (χ4n) is 3.62. The summed E-state index contributed by atoms with van der Waals surface area (Å²) in [4.78, 5) is 18.5. The van der Waals surface area contributed by atoms with Crippen LogP contribution < -0.4 is 5.32 Å². The van der Waals surface area contributed by atoms with Crippen molar-refractivity contribution in [1.82, 2.24) is 19.8 Å². The molecule has 0 spiro atoms. The average molecular weight is 453 g/mol. The van der Waals surface area contributed by atoms with Gasteiger partial charge in [-0.25, -0.2) is 8.42 Å². The summed E-state index contributed by atoms with van der Waals surface area (Å²) in [5.74, 6) is 1.34. The van der Waals surface area contributed by atoms with Gasteiger partial charge in [-0.2, -0.15) is 9.29 Å². The Morgan fingerprint density at radius 3 is 2.67 bits per heavy atom. The molecular formula is C20H28N4O4S2. The average Bonchev–Trinajstić information content (AvgIpc) is 3.32. The lowest BCUT2D eigenvalue weighted by Crippen LogP contribution is -2.44. The molecule has 1 atom stereocenters. The largest absolute Gasteiger partial charge is 0.353 e. The minimum Gasteiger partial charge on any atom is -0.353 e. The van der Waals surface area contributed by atoms with Gasteiger partial charge in [0.1, 0.15) is 0 Å². The van der Waals surface area contributed by atoms with Crippen LogP contribution in [-0.4, -0.2) is 47.9 Å². The first-order valence-electron chi connectivity index (χ1n) is 10.5. The molecule has 8 nitrogen and oxygen atoms in total. The predicted molar refractivity (Wildman–Crippen MR) is 114 cm³/mol. The van der Waals surface area contributed by atoms with Crippen molar-refractivity contribution in [3.8, 4) is 10.7 Å². The van der Waals surface area contributed by atoms with Crippen LogP contribution in [0, 0.1) is 12.8 Å². The van der Waals surface area contributed by atoms with Gasteiger partial charge in [-0.3, -0.25) is 4.79 Å². The number of hydrogen-bond acceptors (Lipinski definition) is 7. The highest BCUT2D eigenvalue weighted by molar-refractivity contribution is 7.89. The van der Waals surface area contributed by atoms with Crippen LogP contribution in [0.3, 0.4) is 0 Å². The van der Waals surface area contributed by atoms with Gasteiger partial charge >= 0.3 is 0 Å². The molecule has 1 saturated heterocycles. The second-order valence-corrected chi connectivity index (χ2v) is 11.4. The molecule has 0 aromatic carbocycles. The highest BCUT2D eigenvalue weighted by Crippen LogP contribution is 2.41. The first-order valence-corrected chi connectivity index (χ1v) is 12.8. The highest BCUT2D eigenvalue weighted by Gasteiger charge is 2.35. The fraction of sp³-hybridized carbons (Fsp3) is 0.650. The maximum absolute atomic E-state index is 13.2. The standard InChI is InChI=1S/C20H28N4O4S2/c1-4-12(2)21-19(25)14-7-9-24(10-8-14)30(26,27)17-11-16(29-13(17)3)18-22-20(28-23-18)15-5-6-15/h11-12,14-15H,4-10H2,1-3H3,(H,21,25). The van der Waals surface area contributed by atoms with E-state index in [1.807, 2.05) is 13.8 Å². The van der Waals surface area contributed by atoms with E-state index in [2.05, 4.69) is 15.5 Å². The maximum atomic E-state index is 13.2. The molecule has 0 bridgehead atoms. The summed E-state index contributed by atoms with van der Waals surface area (Å²) in [6.07, 6.45) is 4.08. The van der Waals surface area contributed by atoms with Crippen LogP contribution in [0.1, 0.15) is 62.6 Å². The van der Waals surface area contributed by atoms with Crippen molar-refractivity contribution in [1.29, 1.82) is 0 Å². The zero-order valence-corrected chi connectivity index (χ0v) is 19.2. The smallest absolute Gasteiger partial charge is 0.244 e. The third-order valence-corrected chi connectivity index (χ3v) is 9.10. The lowest BCUT2D eigenvalue weighted by Gasteiger charge is -2.31. The summed E-state index contributed by atoms with van der Waals surface area (Å²) in [5.41, 5.74) is 0. The maximum Gasteiger partial charge on any atom is 0.244 e. The normalized spacial score (nSPS) is 19.7. The number of carbonyl (C=O) groups excluding carboxylic acids is 1. The first-order chi connectivity index (χ1) is 14.3. The molecule has 1 aliphatic carbocycles. The van der Waals surface area contributed by atoms with Gasteiger partial charge in [-0.1, -0.05) is 12.1 Å². The van der Waals surface area contributed by atoms with Crippen LogP contribution in [0.5, 0.6) is 0 Å². The molecule has 1 amide bonds. The van der Waals surface area contributed by atoms with E-state index in [9.17, 15) is 13.2 Å². The molecule has 4 rings (SSSR count). The van der Waals surface area contributed by atoms with Crippen molar-refractivity contribution in [2.75, 3.05) is 13.1 Å². The zero-order valence-electron chi connectivity index (χ0n) is 17.6. The Morgan fingerprint density at radius 2 is 2.03 bits per heavy atom. The third kappa shape index (κ3) is 4.31. The number of thiophene rings is 1. The van der Waals surface area contributed by atoms with E-state index in [1.165, 1.54) is 15.6 Å². The van der Waals surface area contributed by atoms with Gasteiger partial charge in [0.15, 0.2) is 0 Å². The van der Waals surface area contributed by atoms with E-state index in [4.69, 9.17) is 4.52 Å². The van der Waals surface area contributed by atoms with E-state index >= 15 is 0 Å². The Hall–Kier alpha value is -1.78. The van der Waals surface area contributed by atoms with Gasteiger partial charge in [-0.15, -0.1) is 11.3 Å². The summed E-state index contributed by atoms with van der Waals surface area (Å²) in [6.45, 7) is 6.50. The van der Waals surface area contributed by atoms with Gasteiger partial charge in [-0.05, 0) is 52.0 Å². The monoisotopic (exact) mass is 452 g/mol. The second-order valence-electron chi connectivity index (χ2n) is 8.26. The predicted octanol–water partition coefficient (Wildman–Crippen LogP) is 3.30. The highest BCUT2D eigenvalue weighted by atomic mass is 32.2. The van der Waals surface area contributed by atoms with Crippen molar-refractivity contribution in [3.63, 3.8) is 0 Å². The Labute approximate surface area is 181 Å². The number of nitrogens with zero attached hydrogens (tertiary/aromatic N) is 3. The van der Waals surface area contributed by atoms with Crippen molar-refractivity contribution in [3.05, 3.63) is 16.8 Å². The number of nitrogens with one attached hydrogen (secondary N) is 1. The van der Waals surface area contributed by atoms with Gasteiger partial charge in [0.05, 0.1) is 9.77 Å². The van der Waals surface area contributed by atoms with Crippen LogP contribution in [0.4, 0.5) is 0 Å². The SMILES string of the molecule is CCC(C)NC(=O)C1CCN(S(=O)(=O)c2cc(-c3noc(C4CC4)n3)sc2C)CC1. The third-order valence-electron chi connectivity index (χ3n) is 5.90. The van der Waals surface area contributed by atoms with E-state index in [1.54, 1.807) is 13.0 Å². The van der Waals surface area contributed by atoms with Crippen LogP contribution in [-0.2, 0) is 14.8 Å². The van der Waals surface area contributed by atoms with Crippen LogP contribution in [0.15, 0.2) is 15.5 Å². The number of sulfonamides is 1. The molecule has 1 N–H and O–H groups in total. The topological polar surface area (TPSA) is 105 Å². The zero-order chi connectivity index (χ0) is 21.5. The van der Waals surface area contributed by atoms with Crippen LogP contribution >= 0.6 is 11.3 Å². The van der Waals surface area contributed by atoms with Crippen LogP contribution in [0.2, 0.25) is 0 Å². The van der Waals surface area contributed by atoms with Crippen molar-refractivity contribution in [2.24, 2.45) is 5.92 Å². The Balaban J connectivity index is 1.45. The molecular weight excluding hydrogens is 424 g/mol. The van der Waals surface area contributed by atoms with Gasteiger partial charge in [0.2, 0.25) is 27.6 Å². The van der Waals surface area contributed by atoms with E-state index in [0.717, 1.165) is 19.3 Å². The Morgan fingerprint density at radius 1 is 1.33 bits per heavy atom. The molecule has 10 heteroatoms. The van der Waals surface area contributed by atoms with Gasteiger partial charge < -0.3 is 9.84 Å². The lowest BCUT2D eigenvalue weighted by atomic mass is 9.97. The summed E-state index contributed by atoms with van der Waals surface area (Å²) in [5, 5.41) is 7.03. The summed E-state index contributed by atoms with van der Waals surface area (Å²) in [6, 6.07) is 1.79. The van der Waals surface area contributed by atoms with Crippen molar-refractivity contribution >= 4 is 27.3 Å². The molecule has 2 aromatic rings. The van der Waals surface area contributed by atoms with Gasteiger partial charge in [0, 0.05) is 35.8 Å². The Bertz CT molecular complexity index is 1020. The minimum absolute atomic E-state index is 0.0268. The number of aromatic nitrogens is 2. The Kier molecular flexibility index (Phi) is 6.00. The van der Waals surface area contributed by atoms with E-state index in [-0.39, 0.29) is 17.9 Å². The van der Waals surface area contributed by atoms with Crippen LogP contribution in [0.25, 0.3) is 10.7 Å². The molecule has 1 unspecified atom stereocenters. The second kappa shape index (κ2) is 8.39. The molecule has 0 radical (unpaired) electrons. The molecule has 2 fully saturated rings. The number of carbonyl (C=O) groups is 1. The molecule has 164 valence electrons. The summed E-state index contributed by atoms with van der Waals surface area (Å²) < 4.78 is 33.3. The molecule has 2 aliphatic rings. The van der Waals surface area contributed by atoms with E-state index < -0.39 is 10.0 Å². The summed E-state index contributed by atoms with van der Waals surface area (Å²) >= 11 is 1.36. The number of amides is 1. The number of rotatable bonds is 7. The molecule has 1 aliphatic heterocycles. The number of aryl methyl sites for hydroxylation is 1. The lowest BCUT2D eigenvalue weighted by molar-refractivity contribution is -0.126. The van der Waals surface area contributed by atoms with Crippen molar-refractivity contribution in [2.45, 2.75) is 69.7 Å². The van der Waals surface area contributed by atoms with Crippen molar-refractivity contribution < 1.29 is 17.7 Å². The first kappa shape index (κ1) is 21.5. The van der Waals surface area contributed by atoms with E-state index in [0.29, 0.717) is 58.2 Å². The molecule has 30 heavy (non-hydrogen) atoms. The number of hydrogen-bond donors (Lipinski definition) is 1. The fourth-order valence-corrected chi connectivity index (χ4v) is 6.58. The summed E-state index contributed by atoms with van der Waals surface area (Å²) in [7, 11) is -3.63. The molecule has 3 heterocycles. The molecule has 2 aromatic heterocycles. The number of piperidine rings is 1.